The molecule has 0 aliphatic heterocycles. The maximum Gasteiger partial charge on any atom is 0 e. The van der Waals surface area contributed by atoms with Gasteiger partial charge in [0, 0.05) is 18.6 Å². The third-order valence-corrected chi connectivity index (χ3v) is 1.38. The molecule has 1 radical (unpaired) electrons. The van der Waals surface area contributed by atoms with E-state index in [4.69, 9.17) is 6.42 Å². The van der Waals surface area contributed by atoms with Gasteiger partial charge in [-0.3, -0.25) is 0 Å². The topological polar surface area (TPSA) is 0 Å². The zero-order chi connectivity index (χ0) is 8.65. The SMILES string of the molecule is C#C[c-]1cccc1.[V].[cH-]1[cH-][cH-][cH-][cH-]1. The smallest absolute Gasteiger partial charge is 0 e. The summed E-state index contributed by atoms with van der Waals surface area (Å²) in [6, 6.07) is 17.7. The molecule has 13 heavy (non-hydrogen) atoms. The van der Waals surface area contributed by atoms with Crippen LogP contribution in [0.4, 0.5) is 0 Å². The summed E-state index contributed by atoms with van der Waals surface area (Å²) in [6.07, 6.45) is 5.04. The van der Waals surface area contributed by atoms with Crippen LogP contribution in [0, 0.1) is 12.3 Å². The third kappa shape index (κ3) is 5.14. The Hall–Kier alpha value is -1.16. The second-order valence-corrected chi connectivity index (χ2v) is 2.28. The number of terminal acetylenes is 1. The van der Waals surface area contributed by atoms with E-state index in [1.54, 1.807) is 0 Å². The quantitative estimate of drug-likeness (QED) is 0.458. The van der Waals surface area contributed by atoms with E-state index < -0.39 is 0 Å². The van der Waals surface area contributed by atoms with E-state index in [9.17, 15) is 0 Å². The third-order valence-electron chi connectivity index (χ3n) is 1.38. The van der Waals surface area contributed by atoms with E-state index >= 15 is 0 Å². The first kappa shape index (κ1) is 11.8. The summed E-state index contributed by atoms with van der Waals surface area (Å²) in [5, 5.41) is 0. The van der Waals surface area contributed by atoms with Gasteiger partial charge in [0.2, 0.25) is 0 Å². The molecule has 0 saturated carbocycles. The summed E-state index contributed by atoms with van der Waals surface area (Å²) in [5.74, 6) is 2.51. The van der Waals surface area contributed by atoms with Crippen LogP contribution in [0.25, 0.3) is 0 Å². The molecule has 0 aromatic heterocycles. The Balaban J connectivity index is 0.000000215. The van der Waals surface area contributed by atoms with Gasteiger partial charge in [-0.1, -0.05) is 5.56 Å². The van der Waals surface area contributed by atoms with Crippen molar-refractivity contribution in [3.63, 3.8) is 0 Å². The van der Waals surface area contributed by atoms with E-state index in [0.29, 0.717) is 0 Å². The minimum Gasteiger partial charge on any atom is -0.748 e. The van der Waals surface area contributed by atoms with Gasteiger partial charge in [0.1, 0.15) is 0 Å². The molecule has 2 aromatic carbocycles. The maximum atomic E-state index is 5.04. The number of hydrogen-bond donors (Lipinski definition) is 0. The summed E-state index contributed by atoms with van der Waals surface area (Å²) >= 11 is 0. The van der Waals surface area contributed by atoms with E-state index in [0.717, 1.165) is 5.56 Å². The molecule has 0 N–H and O–H groups in total. The van der Waals surface area contributed by atoms with E-state index in [1.165, 1.54) is 0 Å². The van der Waals surface area contributed by atoms with Gasteiger partial charge in [-0.2, -0.15) is 18.1 Å². The van der Waals surface area contributed by atoms with Crippen LogP contribution in [0.3, 0.4) is 0 Å². The average Bonchev–Trinajstić information content (AvgIpc) is 2.81. The molecule has 0 saturated heterocycles. The van der Waals surface area contributed by atoms with Crippen molar-refractivity contribution in [2.45, 2.75) is 0 Å². The van der Waals surface area contributed by atoms with Crippen molar-refractivity contribution in [3.8, 4) is 12.3 Å². The predicted octanol–water partition coefficient (Wildman–Crippen LogP) is 2.79. The summed E-state index contributed by atoms with van der Waals surface area (Å²) in [6.45, 7) is 0. The Morgan fingerprint density at radius 2 is 1.31 bits per heavy atom. The fourth-order valence-electron chi connectivity index (χ4n) is 0.791. The van der Waals surface area contributed by atoms with Gasteiger partial charge in [0.15, 0.2) is 0 Å². The van der Waals surface area contributed by atoms with E-state index in [-0.39, 0.29) is 18.6 Å². The van der Waals surface area contributed by atoms with Gasteiger partial charge in [0.05, 0.1) is 0 Å². The number of rotatable bonds is 0. The molecule has 0 heterocycles. The molecule has 69 valence electrons. The molecule has 0 aliphatic rings. The van der Waals surface area contributed by atoms with Crippen LogP contribution in [0.2, 0.25) is 0 Å². The monoisotopic (exact) mass is 205 g/mol. The molecule has 0 nitrogen and oxygen atoms in total. The summed E-state index contributed by atoms with van der Waals surface area (Å²) in [5.41, 5.74) is 0.958. The minimum atomic E-state index is 0. The minimum absolute atomic E-state index is 0. The van der Waals surface area contributed by atoms with Crippen LogP contribution in [0.15, 0.2) is 54.6 Å². The van der Waals surface area contributed by atoms with Gasteiger partial charge >= 0.3 is 0 Å². The van der Waals surface area contributed by atoms with Crippen molar-refractivity contribution >= 4 is 0 Å². The Kier molecular flexibility index (Phi) is 6.83. The Morgan fingerprint density at radius 3 is 1.54 bits per heavy atom. The summed E-state index contributed by atoms with van der Waals surface area (Å²) in [4.78, 5) is 0. The second kappa shape index (κ2) is 7.49. The van der Waals surface area contributed by atoms with E-state index in [2.05, 4.69) is 5.92 Å². The Bertz CT molecular complexity index is 291. The van der Waals surface area contributed by atoms with Crippen LogP contribution in [0.1, 0.15) is 5.56 Å². The summed E-state index contributed by atoms with van der Waals surface area (Å²) < 4.78 is 0. The van der Waals surface area contributed by atoms with Gasteiger partial charge in [-0.05, 0) is 0 Å². The first-order valence-electron chi connectivity index (χ1n) is 3.78. The molecular weight excluding hydrogens is 195 g/mol. The van der Waals surface area contributed by atoms with Crippen LogP contribution >= 0.6 is 0 Å². The molecular formula is C12H10V-6. The Morgan fingerprint density at radius 1 is 0.923 bits per heavy atom. The first-order valence-corrected chi connectivity index (χ1v) is 3.78. The molecule has 0 spiro atoms. The molecule has 2 rings (SSSR count). The van der Waals surface area contributed by atoms with Crippen LogP contribution in [-0.2, 0) is 18.6 Å². The fourth-order valence-corrected chi connectivity index (χ4v) is 0.791. The molecule has 0 fully saturated rings. The van der Waals surface area contributed by atoms with Gasteiger partial charge in [-0.25, -0.2) is 6.42 Å². The average molecular weight is 205 g/mol. The summed E-state index contributed by atoms with van der Waals surface area (Å²) in [7, 11) is 0. The molecule has 2 aromatic rings. The van der Waals surface area contributed by atoms with Gasteiger partial charge < -0.3 is 30.3 Å². The molecule has 0 amide bonds. The first-order chi connectivity index (χ1) is 5.93. The van der Waals surface area contributed by atoms with E-state index in [1.807, 2.05) is 54.6 Å². The van der Waals surface area contributed by atoms with Crippen molar-refractivity contribution in [3.05, 3.63) is 60.2 Å². The van der Waals surface area contributed by atoms with Gasteiger partial charge in [-0.15, -0.1) is 12.1 Å². The maximum absolute atomic E-state index is 5.04. The molecule has 0 unspecified atom stereocenters. The van der Waals surface area contributed by atoms with Gasteiger partial charge in [0.25, 0.3) is 0 Å². The second-order valence-electron chi connectivity index (χ2n) is 2.28. The van der Waals surface area contributed by atoms with Crippen molar-refractivity contribution < 1.29 is 18.6 Å². The molecule has 1 heteroatoms. The van der Waals surface area contributed by atoms with Crippen molar-refractivity contribution in [1.29, 1.82) is 0 Å². The molecule has 0 atom stereocenters. The van der Waals surface area contributed by atoms with Crippen LogP contribution in [-0.4, -0.2) is 0 Å². The van der Waals surface area contributed by atoms with Crippen molar-refractivity contribution in [1.82, 2.24) is 0 Å². The molecule has 0 aliphatic carbocycles. The molecule has 0 bridgehead atoms. The van der Waals surface area contributed by atoms with Crippen LogP contribution in [0.5, 0.6) is 0 Å². The fraction of sp³-hybridized carbons (Fsp3) is 0. The zero-order valence-electron chi connectivity index (χ0n) is 7.22. The zero-order valence-corrected chi connectivity index (χ0v) is 8.62. The van der Waals surface area contributed by atoms with Crippen molar-refractivity contribution in [2.75, 3.05) is 0 Å². The normalized spacial score (nSPS) is 7.31. The van der Waals surface area contributed by atoms with Crippen molar-refractivity contribution in [2.24, 2.45) is 0 Å². The number of hydrogen-bond acceptors (Lipinski definition) is 0. The van der Waals surface area contributed by atoms with Crippen LogP contribution < -0.4 is 0 Å². The largest absolute Gasteiger partial charge is 0.748 e. The Labute approximate surface area is 91.2 Å². The standard InChI is InChI=1S/C7H5.C5H5.V/c1-2-7-5-3-4-6-7;1-2-4-5-3-1;/h1,3-6H;1-5H;/q-1;-5;. The predicted molar refractivity (Wildman–Crippen MR) is 52.0 cm³/mol.